The van der Waals surface area contributed by atoms with E-state index in [0.717, 1.165) is 5.56 Å². The van der Waals surface area contributed by atoms with E-state index < -0.39 is 5.97 Å². The maximum Gasteiger partial charge on any atom is 0.303 e. The molecule has 0 aromatic heterocycles. The fraction of sp³-hybridized carbons (Fsp3) is 0.333. The number of carbonyl (C=O) groups excluding carboxylic acids is 1. The predicted octanol–water partition coefficient (Wildman–Crippen LogP) is 0.792. The van der Waals surface area contributed by atoms with Crippen molar-refractivity contribution in [3.8, 4) is 0 Å². The van der Waals surface area contributed by atoms with Crippen molar-refractivity contribution in [2.45, 2.75) is 19.3 Å². The molecule has 1 amide bonds. The summed E-state index contributed by atoms with van der Waals surface area (Å²) in [6.45, 7) is 0.382. The number of hydrogen-bond acceptors (Lipinski definition) is 3. The van der Waals surface area contributed by atoms with Crippen LogP contribution in [0.3, 0.4) is 0 Å². The number of carbonyl (C=O) groups is 2. The van der Waals surface area contributed by atoms with Crippen LogP contribution in [0.25, 0.3) is 0 Å². The highest BCUT2D eigenvalue weighted by molar-refractivity contribution is 5.78. The second kappa shape index (κ2) is 6.52. The van der Waals surface area contributed by atoms with Crippen molar-refractivity contribution >= 4 is 17.6 Å². The number of benzene rings is 1. The molecule has 0 aliphatic rings. The molecule has 0 fully saturated rings. The van der Waals surface area contributed by atoms with Crippen LogP contribution in [-0.4, -0.2) is 23.5 Å². The predicted molar refractivity (Wildman–Crippen MR) is 64.4 cm³/mol. The van der Waals surface area contributed by atoms with Gasteiger partial charge in [0.2, 0.25) is 5.91 Å². The van der Waals surface area contributed by atoms with Gasteiger partial charge in [-0.15, -0.1) is 0 Å². The molecule has 0 unspecified atom stereocenters. The van der Waals surface area contributed by atoms with E-state index >= 15 is 0 Å². The number of carboxylic acids is 1. The van der Waals surface area contributed by atoms with Gasteiger partial charge in [-0.05, 0) is 24.1 Å². The van der Waals surface area contributed by atoms with E-state index in [2.05, 4.69) is 5.32 Å². The van der Waals surface area contributed by atoms with Crippen LogP contribution in [0.1, 0.15) is 18.4 Å². The molecule has 5 heteroatoms. The second-order valence-corrected chi connectivity index (χ2v) is 3.77. The fourth-order valence-corrected chi connectivity index (χ4v) is 1.42. The summed E-state index contributed by atoms with van der Waals surface area (Å²) in [7, 11) is 0. The van der Waals surface area contributed by atoms with Crippen LogP contribution >= 0.6 is 0 Å². The van der Waals surface area contributed by atoms with Crippen LogP contribution in [0, 0.1) is 0 Å². The molecule has 1 aromatic carbocycles. The van der Waals surface area contributed by atoms with Crippen molar-refractivity contribution in [2.75, 3.05) is 12.3 Å². The molecule has 92 valence electrons. The Morgan fingerprint density at radius 2 is 2.12 bits per heavy atom. The Hall–Kier alpha value is -2.04. The lowest BCUT2D eigenvalue weighted by molar-refractivity contribution is -0.137. The standard InChI is InChI=1S/C12H16N2O3/c13-10-4-1-3-9(7-10)8-11(15)14-6-2-5-12(16)17/h1,3-4,7H,2,5-6,8,13H2,(H,14,15)(H,16,17). The van der Waals surface area contributed by atoms with Crippen molar-refractivity contribution in [3.05, 3.63) is 29.8 Å². The molecule has 0 radical (unpaired) electrons. The first-order valence-corrected chi connectivity index (χ1v) is 5.41. The third-order valence-electron chi connectivity index (χ3n) is 2.21. The molecule has 0 atom stereocenters. The molecule has 17 heavy (non-hydrogen) atoms. The largest absolute Gasteiger partial charge is 0.481 e. The first-order chi connectivity index (χ1) is 8.08. The molecule has 0 heterocycles. The average Bonchev–Trinajstić information content (AvgIpc) is 2.24. The maximum absolute atomic E-state index is 11.5. The van der Waals surface area contributed by atoms with Crippen molar-refractivity contribution in [3.63, 3.8) is 0 Å². The monoisotopic (exact) mass is 236 g/mol. The number of nitrogens with one attached hydrogen (secondary N) is 1. The molecule has 5 nitrogen and oxygen atoms in total. The molecule has 0 aliphatic heterocycles. The van der Waals surface area contributed by atoms with E-state index in [0.29, 0.717) is 18.7 Å². The Morgan fingerprint density at radius 1 is 1.35 bits per heavy atom. The van der Waals surface area contributed by atoms with Gasteiger partial charge in [-0.1, -0.05) is 12.1 Å². The average molecular weight is 236 g/mol. The summed E-state index contributed by atoms with van der Waals surface area (Å²) in [5, 5.41) is 11.1. The van der Waals surface area contributed by atoms with E-state index in [-0.39, 0.29) is 18.7 Å². The molecular formula is C12H16N2O3. The minimum Gasteiger partial charge on any atom is -0.481 e. The number of nitrogen functional groups attached to an aromatic ring is 1. The van der Waals surface area contributed by atoms with Crippen molar-refractivity contribution < 1.29 is 14.7 Å². The van der Waals surface area contributed by atoms with Gasteiger partial charge in [-0.3, -0.25) is 9.59 Å². The van der Waals surface area contributed by atoms with Crippen LogP contribution < -0.4 is 11.1 Å². The molecule has 0 saturated heterocycles. The van der Waals surface area contributed by atoms with E-state index in [9.17, 15) is 9.59 Å². The van der Waals surface area contributed by atoms with Gasteiger partial charge in [0.15, 0.2) is 0 Å². The topological polar surface area (TPSA) is 92.4 Å². The summed E-state index contributed by atoms with van der Waals surface area (Å²) >= 11 is 0. The Labute approximate surface area is 99.6 Å². The number of rotatable bonds is 6. The van der Waals surface area contributed by atoms with Gasteiger partial charge in [0.1, 0.15) is 0 Å². The first kappa shape index (κ1) is 13.0. The Morgan fingerprint density at radius 3 is 2.76 bits per heavy atom. The molecule has 1 rings (SSSR count). The van der Waals surface area contributed by atoms with Gasteiger partial charge in [-0.2, -0.15) is 0 Å². The van der Waals surface area contributed by atoms with Gasteiger partial charge in [0.05, 0.1) is 6.42 Å². The van der Waals surface area contributed by atoms with Crippen LogP contribution in [0.4, 0.5) is 5.69 Å². The smallest absolute Gasteiger partial charge is 0.303 e. The van der Waals surface area contributed by atoms with E-state index in [1.54, 1.807) is 18.2 Å². The normalized spacial score (nSPS) is 9.88. The molecule has 4 N–H and O–H groups in total. The first-order valence-electron chi connectivity index (χ1n) is 5.41. The summed E-state index contributed by atoms with van der Waals surface area (Å²) in [4.78, 5) is 21.7. The molecule has 0 spiro atoms. The summed E-state index contributed by atoms with van der Waals surface area (Å²) in [5.74, 6) is -0.976. The SMILES string of the molecule is Nc1cccc(CC(=O)NCCCC(=O)O)c1. The zero-order valence-electron chi connectivity index (χ0n) is 9.48. The van der Waals surface area contributed by atoms with Crippen LogP contribution in [0.15, 0.2) is 24.3 Å². The summed E-state index contributed by atoms with van der Waals surface area (Å²) in [5.41, 5.74) is 7.07. The molecule has 0 saturated carbocycles. The Kier molecular flexibility index (Phi) is 5.00. The molecule has 0 aliphatic carbocycles. The van der Waals surface area contributed by atoms with Gasteiger partial charge in [0, 0.05) is 18.7 Å². The third kappa shape index (κ3) is 5.55. The lowest BCUT2D eigenvalue weighted by Crippen LogP contribution is -2.26. The summed E-state index contributed by atoms with van der Waals surface area (Å²) < 4.78 is 0. The second-order valence-electron chi connectivity index (χ2n) is 3.77. The lowest BCUT2D eigenvalue weighted by atomic mass is 10.1. The van der Waals surface area contributed by atoms with Crippen LogP contribution in [0.5, 0.6) is 0 Å². The zero-order chi connectivity index (χ0) is 12.7. The lowest BCUT2D eigenvalue weighted by Gasteiger charge is -2.04. The summed E-state index contributed by atoms with van der Waals surface area (Å²) in [6, 6.07) is 7.13. The van der Waals surface area contributed by atoms with Crippen LogP contribution in [-0.2, 0) is 16.0 Å². The van der Waals surface area contributed by atoms with Crippen molar-refractivity contribution in [1.29, 1.82) is 0 Å². The van der Waals surface area contributed by atoms with E-state index in [1.807, 2.05) is 6.07 Å². The third-order valence-corrected chi connectivity index (χ3v) is 2.21. The van der Waals surface area contributed by atoms with Crippen molar-refractivity contribution in [2.24, 2.45) is 0 Å². The van der Waals surface area contributed by atoms with Gasteiger partial charge >= 0.3 is 5.97 Å². The van der Waals surface area contributed by atoms with Gasteiger partial charge < -0.3 is 16.2 Å². The minimum absolute atomic E-state index is 0.0680. The Balaban J connectivity index is 2.27. The maximum atomic E-state index is 11.5. The quantitative estimate of drug-likeness (QED) is 0.503. The molecular weight excluding hydrogens is 220 g/mol. The van der Waals surface area contributed by atoms with Crippen LogP contribution in [0.2, 0.25) is 0 Å². The van der Waals surface area contributed by atoms with E-state index in [1.165, 1.54) is 0 Å². The minimum atomic E-state index is -0.852. The molecule has 0 bridgehead atoms. The number of aliphatic carboxylic acids is 1. The summed E-state index contributed by atoms with van der Waals surface area (Å²) in [6.07, 6.45) is 0.772. The van der Waals surface area contributed by atoms with Crippen molar-refractivity contribution in [1.82, 2.24) is 5.32 Å². The number of hydrogen-bond donors (Lipinski definition) is 3. The zero-order valence-corrected chi connectivity index (χ0v) is 9.48. The van der Waals surface area contributed by atoms with Gasteiger partial charge in [0.25, 0.3) is 0 Å². The highest BCUT2D eigenvalue weighted by Gasteiger charge is 2.03. The highest BCUT2D eigenvalue weighted by Crippen LogP contribution is 2.06. The Bertz CT molecular complexity index is 404. The number of anilines is 1. The highest BCUT2D eigenvalue weighted by atomic mass is 16.4. The van der Waals surface area contributed by atoms with Gasteiger partial charge in [-0.25, -0.2) is 0 Å². The fourth-order valence-electron chi connectivity index (χ4n) is 1.42. The number of amides is 1. The number of nitrogens with two attached hydrogens (primary N) is 1. The molecule has 1 aromatic rings. The number of carboxylic acid groups (broad SMARTS) is 1. The van der Waals surface area contributed by atoms with E-state index in [4.69, 9.17) is 10.8 Å².